The Balaban J connectivity index is 1.49. The number of aryl methyl sites for hydroxylation is 1. The summed E-state index contributed by atoms with van der Waals surface area (Å²) in [6, 6.07) is 18.1. The molecule has 1 aromatic heterocycles. The van der Waals surface area contributed by atoms with Crippen LogP contribution in [0.3, 0.4) is 0 Å². The first-order valence-corrected chi connectivity index (χ1v) is 9.28. The second-order valence-electron chi connectivity index (χ2n) is 6.69. The number of carbonyl (C=O) groups excluding carboxylic acids is 1. The predicted molar refractivity (Wildman–Crippen MR) is 106 cm³/mol. The van der Waals surface area contributed by atoms with Crippen LogP contribution < -0.4 is 5.32 Å². The molecular formula is C22H22N4O. The average molecular weight is 358 g/mol. The molecule has 1 amide bonds. The maximum atomic E-state index is 12.9. The van der Waals surface area contributed by atoms with Gasteiger partial charge in [-0.25, -0.2) is 9.97 Å². The number of hydrogen-bond donors (Lipinski definition) is 1. The van der Waals surface area contributed by atoms with Crippen molar-refractivity contribution in [3.8, 4) is 0 Å². The fourth-order valence-corrected chi connectivity index (χ4v) is 3.32. The molecule has 0 unspecified atom stereocenters. The fraction of sp³-hybridized carbons (Fsp3) is 0.227. The minimum absolute atomic E-state index is 0.0590. The topological polar surface area (TPSA) is 58.1 Å². The Morgan fingerprint density at radius 1 is 1.07 bits per heavy atom. The standard InChI is InChI=1S/C22H22N4O/c1-2-16-7-9-19(10-8-16)24-22-23-13-11-20(25-22)21(27)26-14-12-17-5-3-4-6-18(17)15-26/h3-11,13H,2,12,14-15H2,1H3,(H,23,24,25). The van der Waals surface area contributed by atoms with Crippen molar-refractivity contribution in [2.45, 2.75) is 26.3 Å². The third-order valence-electron chi connectivity index (χ3n) is 4.91. The third-order valence-corrected chi connectivity index (χ3v) is 4.91. The van der Waals surface area contributed by atoms with E-state index in [2.05, 4.69) is 46.5 Å². The van der Waals surface area contributed by atoms with Gasteiger partial charge in [-0.1, -0.05) is 43.3 Å². The van der Waals surface area contributed by atoms with Gasteiger partial charge in [-0.15, -0.1) is 0 Å². The van der Waals surface area contributed by atoms with E-state index >= 15 is 0 Å². The molecule has 136 valence electrons. The fourth-order valence-electron chi connectivity index (χ4n) is 3.32. The van der Waals surface area contributed by atoms with Gasteiger partial charge in [0.15, 0.2) is 0 Å². The lowest BCUT2D eigenvalue weighted by atomic mass is 10.00. The van der Waals surface area contributed by atoms with E-state index in [1.807, 2.05) is 29.2 Å². The van der Waals surface area contributed by atoms with Crippen molar-refractivity contribution in [2.75, 3.05) is 11.9 Å². The smallest absolute Gasteiger partial charge is 0.272 e. The number of nitrogens with zero attached hydrogens (tertiary/aromatic N) is 3. The van der Waals surface area contributed by atoms with Crippen molar-refractivity contribution < 1.29 is 4.79 Å². The second kappa shape index (κ2) is 7.58. The van der Waals surface area contributed by atoms with E-state index < -0.39 is 0 Å². The van der Waals surface area contributed by atoms with Gasteiger partial charge < -0.3 is 10.2 Å². The number of hydrogen-bond acceptors (Lipinski definition) is 4. The maximum Gasteiger partial charge on any atom is 0.272 e. The molecule has 0 saturated carbocycles. The highest BCUT2D eigenvalue weighted by atomic mass is 16.2. The van der Waals surface area contributed by atoms with Crippen LogP contribution in [0.5, 0.6) is 0 Å². The van der Waals surface area contributed by atoms with E-state index in [9.17, 15) is 4.79 Å². The molecule has 0 saturated heterocycles. The number of benzene rings is 2. The van der Waals surface area contributed by atoms with Crippen molar-refractivity contribution in [1.29, 1.82) is 0 Å². The number of amides is 1. The van der Waals surface area contributed by atoms with Crippen LogP contribution in [0.2, 0.25) is 0 Å². The molecule has 0 aliphatic carbocycles. The van der Waals surface area contributed by atoms with Crippen LogP contribution in [0.1, 0.15) is 34.1 Å². The molecule has 2 heterocycles. The minimum atomic E-state index is -0.0590. The summed E-state index contributed by atoms with van der Waals surface area (Å²) in [6.45, 7) is 3.46. The first-order valence-electron chi connectivity index (χ1n) is 9.28. The van der Waals surface area contributed by atoms with Gasteiger partial charge in [-0.2, -0.15) is 0 Å². The largest absolute Gasteiger partial charge is 0.333 e. The first-order chi connectivity index (χ1) is 13.2. The van der Waals surface area contributed by atoms with Gasteiger partial charge in [-0.3, -0.25) is 4.79 Å². The number of anilines is 2. The van der Waals surface area contributed by atoms with Gasteiger partial charge in [0.05, 0.1) is 0 Å². The highest BCUT2D eigenvalue weighted by Crippen LogP contribution is 2.20. The van der Waals surface area contributed by atoms with Crippen LogP contribution in [-0.4, -0.2) is 27.3 Å². The number of fused-ring (bicyclic) bond motifs is 1. The molecule has 0 bridgehead atoms. The zero-order chi connectivity index (χ0) is 18.6. The molecule has 27 heavy (non-hydrogen) atoms. The number of nitrogens with one attached hydrogen (secondary N) is 1. The normalized spacial score (nSPS) is 13.1. The van der Waals surface area contributed by atoms with E-state index in [0.29, 0.717) is 24.7 Å². The highest BCUT2D eigenvalue weighted by molar-refractivity contribution is 5.92. The van der Waals surface area contributed by atoms with Crippen LogP contribution in [0, 0.1) is 0 Å². The third kappa shape index (κ3) is 3.82. The molecule has 5 nitrogen and oxygen atoms in total. The summed E-state index contributed by atoms with van der Waals surface area (Å²) in [5, 5.41) is 3.18. The SMILES string of the molecule is CCc1ccc(Nc2nccc(C(=O)N3CCc4ccccc4C3)n2)cc1. The number of carbonyl (C=O) groups is 1. The first kappa shape index (κ1) is 17.2. The van der Waals surface area contributed by atoms with Gasteiger partial charge in [0.2, 0.25) is 5.95 Å². The summed E-state index contributed by atoms with van der Waals surface area (Å²) in [5.41, 5.74) is 5.12. The van der Waals surface area contributed by atoms with Crippen molar-refractivity contribution in [1.82, 2.24) is 14.9 Å². The van der Waals surface area contributed by atoms with Crippen LogP contribution in [0.15, 0.2) is 60.8 Å². The van der Waals surface area contributed by atoms with E-state index in [1.54, 1.807) is 12.3 Å². The van der Waals surface area contributed by atoms with Gasteiger partial charge in [0, 0.05) is 25.0 Å². The van der Waals surface area contributed by atoms with Crippen molar-refractivity contribution >= 4 is 17.5 Å². The monoisotopic (exact) mass is 358 g/mol. The zero-order valence-electron chi connectivity index (χ0n) is 15.4. The van der Waals surface area contributed by atoms with Crippen LogP contribution >= 0.6 is 0 Å². The summed E-state index contributed by atoms with van der Waals surface area (Å²) in [6.07, 6.45) is 3.50. The Labute approximate surface area is 159 Å². The van der Waals surface area contributed by atoms with Gasteiger partial charge in [0.1, 0.15) is 5.69 Å². The molecule has 1 aliphatic heterocycles. The lowest BCUT2D eigenvalue weighted by Gasteiger charge is -2.28. The van der Waals surface area contributed by atoms with Crippen LogP contribution in [0.25, 0.3) is 0 Å². The summed E-state index contributed by atoms with van der Waals surface area (Å²) in [4.78, 5) is 23.4. The lowest BCUT2D eigenvalue weighted by Crippen LogP contribution is -2.36. The molecule has 4 rings (SSSR count). The van der Waals surface area contributed by atoms with Crippen molar-refractivity contribution in [2.24, 2.45) is 0 Å². The summed E-state index contributed by atoms with van der Waals surface area (Å²) in [7, 11) is 0. The number of aromatic nitrogens is 2. The van der Waals surface area contributed by atoms with Gasteiger partial charge >= 0.3 is 0 Å². The van der Waals surface area contributed by atoms with Crippen molar-refractivity contribution in [3.05, 3.63) is 83.2 Å². The Kier molecular flexibility index (Phi) is 4.83. The van der Waals surface area contributed by atoms with Crippen LogP contribution in [0.4, 0.5) is 11.6 Å². The van der Waals surface area contributed by atoms with E-state index in [1.165, 1.54) is 16.7 Å². The second-order valence-corrected chi connectivity index (χ2v) is 6.69. The Bertz CT molecular complexity index is 953. The van der Waals surface area contributed by atoms with Crippen molar-refractivity contribution in [3.63, 3.8) is 0 Å². The quantitative estimate of drug-likeness (QED) is 0.766. The van der Waals surface area contributed by atoms with E-state index in [0.717, 1.165) is 18.5 Å². The molecular weight excluding hydrogens is 336 g/mol. The van der Waals surface area contributed by atoms with Gasteiger partial charge in [0.25, 0.3) is 5.91 Å². The Morgan fingerprint density at radius 3 is 2.63 bits per heavy atom. The van der Waals surface area contributed by atoms with Gasteiger partial charge in [-0.05, 0) is 47.7 Å². The molecule has 1 N–H and O–H groups in total. The van der Waals surface area contributed by atoms with Crippen LogP contribution in [-0.2, 0) is 19.4 Å². The van der Waals surface area contributed by atoms with E-state index in [4.69, 9.17) is 0 Å². The Hall–Kier alpha value is -3.21. The van der Waals surface area contributed by atoms with E-state index in [-0.39, 0.29) is 5.91 Å². The zero-order valence-corrected chi connectivity index (χ0v) is 15.4. The summed E-state index contributed by atoms with van der Waals surface area (Å²) >= 11 is 0. The minimum Gasteiger partial charge on any atom is -0.333 e. The molecule has 0 fully saturated rings. The molecule has 1 aliphatic rings. The molecule has 0 atom stereocenters. The molecule has 5 heteroatoms. The summed E-state index contributed by atoms with van der Waals surface area (Å²) < 4.78 is 0. The maximum absolute atomic E-state index is 12.9. The predicted octanol–water partition coefficient (Wildman–Crippen LogP) is 3.98. The average Bonchev–Trinajstić information content (AvgIpc) is 2.73. The molecule has 0 radical (unpaired) electrons. The molecule has 3 aromatic rings. The highest BCUT2D eigenvalue weighted by Gasteiger charge is 2.22. The molecule has 0 spiro atoms. The Morgan fingerprint density at radius 2 is 1.85 bits per heavy atom. The summed E-state index contributed by atoms with van der Waals surface area (Å²) in [5.74, 6) is 0.374. The molecule has 2 aromatic carbocycles. The number of rotatable bonds is 4. The lowest BCUT2D eigenvalue weighted by molar-refractivity contribution is 0.0728.